The molecule has 0 aliphatic carbocycles. The summed E-state index contributed by atoms with van der Waals surface area (Å²) in [5.74, 6) is 1.59. The molecule has 1 aromatic carbocycles. The minimum atomic E-state index is 0.0553. The number of rotatable bonds is 1. The maximum absolute atomic E-state index is 12.3. The van der Waals surface area contributed by atoms with Crippen molar-refractivity contribution in [1.82, 2.24) is 0 Å². The zero-order valence-corrected chi connectivity index (χ0v) is 15.6. The summed E-state index contributed by atoms with van der Waals surface area (Å²) in [4.78, 5) is 24.5. The number of ether oxygens (including phenoxy) is 2. The van der Waals surface area contributed by atoms with E-state index in [1.54, 1.807) is 23.5 Å². The average Bonchev–Trinajstić information content (AvgIpc) is 2.96. The van der Waals surface area contributed by atoms with Crippen LogP contribution in [0, 0.1) is 0 Å². The van der Waals surface area contributed by atoms with Gasteiger partial charge in [0, 0.05) is 28.4 Å². The summed E-state index contributed by atoms with van der Waals surface area (Å²) in [6.45, 7) is 4.31. The van der Waals surface area contributed by atoms with Crippen molar-refractivity contribution in [3.05, 3.63) is 23.8 Å². The van der Waals surface area contributed by atoms with E-state index in [9.17, 15) is 9.59 Å². The van der Waals surface area contributed by atoms with E-state index in [4.69, 9.17) is 9.47 Å². The van der Waals surface area contributed by atoms with Gasteiger partial charge in [-0.2, -0.15) is 0 Å². The lowest BCUT2D eigenvalue weighted by atomic mass is 10.0. The van der Waals surface area contributed by atoms with Gasteiger partial charge in [0.2, 0.25) is 0 Å². The van der Waals surface area contributed by atoms with E-state index in [0.717, 1.165) is 10.6 Å². The van der Waals surface area contributed by atoms with Crippen LogP contribution < -0.4 is 9.47 Å². The number of hydrogen-bond donors (Lipinski definition) is 0. The third-order valence-electron chi connectivity index (χ3n) is 4.25. The second kappa shape index (κ2) is 7.83. The van der Waals surface area contributed by atoms with Crippen molar-refractivity contribution < 1.29 is 19.1 Å². The predicted octanol–water partition coefficient (Wildman–Crippen LogP) is 3.67. The summed E-state index contributed by atoms with van der Waals surface area (Å²) in [5, 5.41) is 1.35. The zero-order chi connectivity index (χ0) is 17.1. The van der Waals surface area contributed by atoms with Crippen LogP contribution in [-0.4, -0.2) is 40.4 Å². The van der Waals surface area contributed by atoms with E-state index >= 15 is 0 Å². The molecule has 0 amide bonds. The van der Waals surface area contributed by atoms with Gasteiger partial charge in [-0.3, -0.25) is 9.59 Å². The summed E-state index contributed by atoms with van der Waals surface area (Å²) in [5.41, 5.74) is 1.12. The molecule has 1 unspecified atom stereocenters. The molecule has 2 heterocycles. The van der Waals surface area contributed by atoms with E-state index < -0.39 is 0 Å². The second-order valence-corrected chi connectivity index (χ2v) is 9.27. The number of hydrogen-bond acceptors (Lipinski definition) is 6. The third-order valence-corrected chi connectivity index (χ3v) is 7.36. The van der Waals surface area contributed by atoms with Gasteiger partial charge in [0.1, 0.15) is 13.2 Å². The lowest BCUT2D eigenvalue weighted by Crippen LogP contribution is -2.27. The summed E-state index contributed by atoms with van der Waals surface area (Å²) < 4.78 is 11.4. The Labute approximate surface area is 151 Å². The first-order valence-corrected chi connectivity index (χ1v) is 10.3. The van der Waals surface area contributed by atoms with Crippen molar-refractivity contribution in [2.45, 2.75) is 43.1 Å². The Kier molecular flexibility index (Phi) is 5.76. The SMILES string of the molecule is CC(C)c1ccc2c(c1)OCC(=O)C[C@H]1SCSC1CC(=O)CO2. The molecule has 2 atom stereocenters. The van der Waals surface area contributed by atoms with E-state index in [2.05, 4.69) is 13.8 Å². The number of carbonyl (C=O) groups excluding carboxylic acids is 2. The van der Waals surface area contributed by atoms with Crippen molar-refractivity contribution in [3.8, 4) is 11.5 Å². The molecule has 6 heteroatoms. The zero-order valence-electron chi connectivity index (χ0n) is 13.9. The van der Waals surface area contributed by atoms with Gasteiger partial charge in [-0.15, -0.1) is 23.5 Å². The quantitative estimate of drug-likeness (QED) is 0.756. The van der Waals surface area contributed by atoms with Gasteiger partial charge in [-0.25, -0.2) is 0 Å². The van der Waals surface area contributed by atoms with Crippen LogP contribution in [0.1, 0.15) is 38.2 Å². The highest BCUT2D eigenvalue weighted by Gasteiger charge is 2.32. The molecular formula is C18H22O4S2. The van der Waals surface area contributed by atoms with Gasteiger partial charge in [-0.05, 0) is 23.6 Å². The Bertz CT molecular complexity index is 629. The molecule has 0 saturated carbocycles. The second-order valence-electron chi connectivity index (χ2n) is 6.45. The molecule has 24 heavy (non-hydrogen) atoms. The molecule has 2 aliphatic rings. The van der Waals surface area contributed by atoms with Crippen LogP contribution in [0.3, 0.4) is 0 Å². The van der Waals surface area contributed by atoms with Gasteiger partial charge in [-0.1, -0.05) is 19.9 Å². The van der Waals surface area contributed by atoms with Gasteiger partial charge in [0.15, 0.2) is 23.1 Å². The lowest BCUT2D eigenvalue weighted by molar-refractivity contribution is -0.123. The Morgan fingerprint density at radius 3 is 2.12 bits per heavy atom. The number of ketones is 2. The van der Waals surface area contributed by atoms with Crippen molar-refractivity contribution in [2.75, 3.05) is 18.3 Å². The van der Waals surface area contributed by atoms with E-state index in [0.29, 0.717) is 30.3 Å². The maximum Gasteiger partial charge on any atom is 0.171 e. The largest absolute Gasteiger partial charge is 0.482 e. The van der Waals surface area contributed by atoms with Crippen molar-refractivity contribution in [3.63, 3.8) is 0 Å². The topological polar surface area (TPSA) is 52.6 Å². The van der Waals surface area contributed by atoms with Crippen LogP contribution in [0.5, 0.6) is 11.5 Å². The summed E-state index contributed by atoms with van der Waals surface area (Å²) >= 11 is 3.54. The average molecular weight is 367 g/mol. The van der Waals surface area contributed by atoms with Crippen LogP contribution in [0.4, 0.5) is 0 Å². The van der Waals surface area contributed by atoms with Crippen LogP contribution in [0.2, 0.25) is 0 Å². The first-order chi connectivity index (χ1) is 11.5. The standard InChI is InChI=1S/C18H22O4S2/c1-11(2)12-3-4-15-16(5-12)22-9-14(20)7-18-17(23-10-24-18)6-13(19)8-21-15/h3-5,11,17-18H,6-10H2,1-2H3/t17?,18-/m1/s1. The fourth-order valence-electron chi connectivity index (χ4n) is 2.81. The molecule has 4 nitrogen and oxygen atoms in total. The molecule has 2 aliphatic heterocycles. The Morgan fingerprint density at radius 1 is 0.958 bits per heavy atom. The lowest BCUT2D eigenvalue weighted by Gasteiger charge is -2.20. The number of thioether (sulfide) groups is 2. The number of Topliss-reactive ketones (excluding diaryl/α,β-unsaturated/α-hetero) is 2. The highest BCUT2D eigenvalue weighted by Crippen LogP contribution is 2.41. The normalized spacial score (nSPS) is 25.1. The first-order valence-electron chi connectivity index (χ1n) is 8.19. The van der Waals surface area contributed by atoms with E-state index in [-0.39, 0.29) is 35.3 Å². The fraction of sp³-hybridized carbons (Fsp3) is 0.556. The fourth-order valence-corrected chi connectivity index (χ4v) is 6.22. The van der Waals surface area contributed by atoms with E-state index in [1.807, 2.05) is 18.2 Å². The molecule has 1 saturated heterocycles. The summed E-state index contributed by atoms with van der Waals surface area (Å²) in [6, 6.07) is 5.72. The van der Waals surface area contributed by atoms with E-state index in [1.165, 1.54) is 0 Å². The highest BCUT2D eigenvalue weighted by molar-refractivity contribution is 8.19. The molecule has 0 spiro atoms. The Hall–Kier alpha value is -1.14. The minimum Gasteiger partial charge on any atom is -0.482 e. The molecule has 3 rings (SSSR count). The van der Waals surface area contributed by atoms with Crippen molar-refractivity contribution in [2.24, 2.45) is 0 Å². The highest BCUT2D eigenvalue weighted by atomic mass is 32.2. The number of fused-ring (bicyclic) bond motifs is 2. The molecular weight excluding hydrogens is 344 g/mol. The predicted molar refractivity (Wildman–Crippen MR) is 98.4 cm³/mol. The minimum absolute atomic E-state index is 0.0553. The van der Waals surface area contributed by atoms with Crippen LogP contribution in [-0.2, 0) is 9.59 Å². The van der Waals surface area contributed by atoms with Gasteiger partial charge in [0.25, 0.3) is 0 Å². The summed E-state index contributed by atoms with van der Waals surface area (Å²) in [7, 11) is 0. The molecule has 0 aromatic heterocycles. The summed E-state index contributed by atoms with van der Waals surface area (Å²) in [6.07, 6.45) is 0.936. The monoisotopic (exact) mass is 366 g/mol. The number of carbonyl (C=O) groups is 2. The molecule has 0 bridgehead atoms. The Morgan fingerprint density at radius 2 is 1.54 bits per heavy atom. The molecule has 0 radical (unpaired) electrons. The van der Waals surface area contributed by atoms with Crippen molar-refractivity contribution >= 4 is 35.1 Å². The maximum atomic E-state index is 12.3. The number of benzene rings is 1. The molecule has 130 valence electrons. The molecule has 0 N–H and O–H groups in total. The third kappa shape index (κ3) is 4.28. The van der Waals surface area contributed by atoms with Gasteiger partial charge in [0.05, 0.1) is 0 Å². The molecule has 1 fully saturated rings. The Balaban J connectivity index is 1.82. The van der Waals surface area contributed by atoms with Crippen LogP contribution >= 0.6 is 23.5 Å². The smallest absolute Gasteiger partial charge is 0.171 e. The van der Waals surface area contributed by atoms with Gasteiger partial charge >= 0.3 is 0 Å². The van der Waals surface area contributed by atoms with Gasteiger partial charge < -0.3 is 9.47 Å². The van der Waals surface area contributed by atoms with Crippen LogP contribution in [0.25, 0.3) is 0 Å². The van der Waals surface area contributed by atoms with Crippen molar-refractivity contribution in [1.29, 1.82) is 0 Å². The molecule has 1 aromatic rings. The first kappa shape index (κ1) is 17.7. The van der Waals surface area contributed by atoms with Crippen LogP contribution in [0.15, 0.2) is 18.2 Å².